The van der Waals surface area contributed by atoms with Gasteiger partial charge in [-0.1, -0.05) is 36.8 Å². The molecule has 1 saturated heterocycles. The molecule has 0 spiro atoms. The number of carbonyl (C=O) groups excluding carboxylic acids is 12. The fourth-order valence-electron chi connectivity index (χ4n) is 8.65. The number of aromatic amines is 1. The molecule has 1 aromatic heterocycles. The van der Waals surface area contributed by atoms with Gasteiger partial charge in [-0.2, -0.15) is 0 Å². The largest absolute Gasteiger partial charge is 0.481 e. The van der Waals surface area contributed by atoms with Gasteiger partial charge < -0.3 is 95.8 Å². The second-order valence-corrected chi connectivity index (χ2v) is 22.7. The molecule has 1 aromatic carbocycles. The van der Waals surface area contributed by atoms with Gasteiger partial charge in [0.05, 0.1) is 37.1 Å². The summed E-state index contributed by atoms with van der Waals surface area (Å²) in [5, 5.41) is 60.1. The Morgan fingerprint density at radius 3 is 1.86 bits per heavy atom. The predicted molar refractivity (Wildman–Crippen MR) is 329 cm³/mol. The first kappa shape index (κ1) is 78.0. The van der Waals surface area contributed by atoms with Crippen LogP contribution in [-0.4, -0.2) is 228 Å². The number of hydrogen-bond acceptors (Lipinski definition) is 20. The fourth-order valence-corrected chi connectivity index (χ4v) is 9.83. The maximum atomic E-state index is 14.4. The van der Waals surface area contributed by atoms with Crippen molar-refractivity contribution in [2.75, 3.05) is 38.5 Å². The molecule has 1 fully saturated rings. The van der Waals surface area contributed by atoms with E-state index in [1.54, 1.807) is 30.3 Å². The summed E-state index contributed by atoms with van der Waals surface area (Å²) in [7, 11) is 0. The van der Waals surface area contributed by atoms with E-state index >= 15 is 0 Å². The van der Waals surface area contributed by atoms with Crippen molar-refractivity contribution < 1.29 is 97.1 Å². The lowest BCUT2D eigenvalue weighted by molar-refractivity contribution is -0.141. The number of aliphatic carboxylic acids is 4. The molecule has 0 saturated carbocycles. The zero-order valence-corrected chi connectivity index (χ0v) is 52.3. The van der Waals surface area contributed by atoms with Crippen LogP contribution in [0.3, 0.4) is 0 Å². The Balaban J connectivity index is 1.65. The molecular formula is C56H81N17O20S. The zero-order valence-electron chi connectivity index (χ0n) is 51.5. The number of likely N-dealkylation sites (tertiary alicyclic amines) is 1. The Bertz CT molecular complexity index is 3040. The molecular weight excluding hydrogens is 1260 g/mol. The van der Waals surface area contributed by atoms with Crippen molar-refractivity contribution in [1.82, 2.24) is 68.0 Å². The lowest BCUT2D eigenvalue weighted by atomic mass is 10.0. The van der Waals surface area contributed by atoms with E-state index in [9.17, 15) is 86.9 Å². The van der Waals surface area contributed by atoms with Gasteiger partial charge in [0, 0.05) is 75.8 Å². The van der Waals surface area contributed by atoms with Crippen LogP contribution in [0, 0.1) is 0 Å². The zero-order chi connectivity index (χ0) is 70.0. The number of H-pyrrole nitrogens is 1. The Hall–Kier alpha value is -10.3. The number of unbranched alkanes of at least 4 members (excludes halogenated alkanes) is 2. The van der Waals surface area contributed by atoms with E-state index in [-0.39, 0.29) is 70.5 Å². The number of amides is 12. The predicted octanol–water partition coefficient (Wildman–Crippen LogP) is -6.32. The highest BCUT2D eigenvalue weighted by atomic mass is 32.2. The number of carboxylic acid groups (broad SMARTS) is 4. The molecule has 12 amide bonds. The van der Waals surface area contributed by atoms with E-state index in [1.165, 1.54) is 26.4 Å². The van der Waals surface area contributed by atoms with E-state index in [4.69, 9.17) is 27.4 Å². The van der Waals surface area contributed by atoms with Crippen molar-refractivity contribution in [3.63, 3.8) is 0 Å². The van der Waals surface area contributed by atoms with Crippen molar-refractivity contribution in [1.29, 1.82) is 0 Å². The minimum absolute atomic E-state index is 0.0302. The van der Waals surface area contributed by atoms with Crippen molar-refractivity contribution in [2.24, 2.45) is 22.2 Å². The van der Waals surface area contributed by atoms with Gasteiger partial charge in [-0.05, 0) is 51.5 Å². The fraction of sp³-hybridized carbons (Fsp3) is 0.536. The Morgan fingerprint density at radius 1 is 0.617 bits per heavy atom. The summed E-state index contributed by atoms with van der Waals surface area (Å²) in [6.07, 6.45) is 0.922. The van der Waals surface area contributed by atoms with Crippen molar-refractivity contribution >= 4 is 112 Å². The molecule has 2 aromatic rings. The van der Waals surface area contributed by atoms with Gasteiger partial charge in [-0.15, -0.1) is 11.8 Å². The number of nitrogens with two attached hydrogens (primary N) is 3. The summed E-state index contributed by atoms with van der Waals surface area (Å²) in [4.78, 5) is 216. The number of benzene rings is 1. The molecule has 0 radical (unpaired) electrons. The summed E-state index contributed by atoms with van der Waals surface area (Å²) >= 11 is 0.770. The van der Waals surface area contributed by atoms with E-state index in [0.29, 0.717) is 30.5 Å². The second-order valence-electron chi connectivity index (χ2n) is 21.4. The summed E-state index contributed by atoms with van der Waals surface area (Å²) in [5.41, 5.74) is 17.4. The third kappa shape index (κ3) is 29.8. The molecule has 37 nitrogen and oxygen atoms in total. The molecule has 0 bridgehead atoms. The highest BCUT2D eigenvalue weighted by molar-refractivity contribution is 8.00. The molecule has 0 aliphatic carbocycles. The highest BCUT2D eigenvalue weighted by Crippen LogP contribution is 2.26. The van der Waals surface area contributed by atoms with Gasteiger partial charge in [-0.25, -0.2) is 9.78 Å². The molecule has 2 heterocycles. The van der Waals surface area contributed by atoms with E-state index in [2.05, 4.69) is 68.1 Å². The summed E-state index contributed by atoms with van der Waals surface area (Å²) < 4.78 is 0. The normalized spacial score (nSPS) is 15.1. The number of carboxylic acids is 4. The number of imide groups is 1. The number of imidazole rings is 1. The van der Waals surface area contributed by atoms with Crippen molar-refractivity contribution in [3.8, 4) is 0 Å². The minimum atomic E-state index is -1.66. The SMILES string of the molecule is C[C@H](NC(=O)CCCCCNC(=O)CCN1C(=O)CC(SC[C@H](NC(=O)CNC(=O)CNC(=O)[C@H](Cc2cnc[nH]2)NC(=O)[C@H](CCCN=C(N)N)NC(=O)[C@H](Cc2ccccc2)NC(=O)[C@H](CCC(=O)O)NC(=O)[C@H](C)NC(=O)[C@@H](N)CC(=O)O)C(=O)O)C1=O)C(=O)O. The van der Waals surface area contributed by atoms with Crippen LogP contribution in [0.25, 0.3) is 0 Å². The number of nitrogens with zero attached hydrogens (tertiary/aromatic N) is 3. The number of aliphatic imine (C=N–C) groups is 1. The molecule has 1 aliphatic rings. The molecule has 1 unspecified atom stereocenters. The number of carbonyl (C=O) groups is 16. The average Bonchev–Trinajstić information content (AvgIpc) is 1.71. The Labute approximate surface area is 541 Å². The standard InChI is InChI=1S/C56H81N17O20S/c1-29(67-48(84)33(57)22-46(81)82)47(83)69-35(14-15-45(79)80)51(87)71-36(20-31-10-5-3-6-11-31)52(88)70-34(12-9-18-62-56(58)59)50(86)72-37(21-32-24-60-28-65-32)49(85)64-25-42(76)63-26-43(77)68-38(55(92)93)27-94-39-23-44(78)73(53(39)89)19-16-40(74)61-17-8-4-7-13-41(75)66-30(2)54(90)91/h3,5-6,10-11,24,28-30,33-39H,4,7-9,12-23,25-27,57H2,1-2H3,(H,60,65)(H,61,74)(H,63,76)(H,64,85)(H,66,75)(H,67,84)(H,68,77)(H,69,83)(H,70,88)(H,71,87)(H,72,86)(H,79,80)(H,81,82)(H,90,91)(H,92,93)(H4,58,59,62)/t29-,30-,33-,34-,35-,36-,37-,38-,39?/m0/s1. The van der Waals surface area contributed by atoms with Gasteiger partial charge in [0.2, 0.25) is 70.9 Å². The third-order valence-corrected chi connectivity index (χ3v) is 15.0. The first-order valence-electron chi connectivity index (χ1n) is 29.5. The molecule has 9 atom stereocenters. The van der Waals surface area contributed by atoms with Crippen molar-refractivity contribution in [3.05, 3.63) is 54.1 Å². The Morgan fingerprint density at radius 2 is 1.24 bits per heavy atom. The number of hydrogen-bond donors (Lipinski definition) is 18. The monoisotopic (exact) mass is 1340 g/mol. The third-order valence-electron chi connectivity index (χ3n) is 13.8. The van der Waals surface area contributed by atoms with Gasteiger partial charge in [0.25, 0.3) is 0 Å². The summed E-state index contributed by atoms with van der Waals surface area (Å²) in [5.74, 6) is -16.4. The maximum Gasteiger partial charge on any atom is 0.327 e. The number of rotatable bonds is 44. The number of guanidine groups is 1. The van der Waals surface area contributed by atoms with Crippen LogP contribution < -0.4 is 70.4 Å². The van der Waals surface area contributed by atoms with Crippen LogP contribution in [0.1, 0.15) is 95.7 Å². The molecule has 3 rings (SSSR count). The molecule has 516 valence electrons. The summed E-state index contributed by atoms with van der Waals surface area (Å²) in [6.45, 7) is 0.816. The maximum absolute atomic E-state index is 14.4. The van der Waals surface area contributed by atoms with Crippen LogP contribution in [0.2, 0.25) is 0 Å². The first-order valence-corrected chi connectivity index (χ1v) is 30.6. The van der Waals surface area contributed by atoms with E-state index < -0.39 is 186 Å². The van der Waals surface area contributed by atoms with Gasteiger partial charge in [0.1, 0.15) is 42.3 Å². The first-order chi connectivity index (χ1) is 44.4. The van der Waals surface area contributed by atoms with Gasteiger partial charge in [0.15, 0.2) is 5.96 Å². The number of aromatic nitrogens is 2. The van der Waals surface area contributed by atoms with E-state index in [0.717, 1.165) is 16.7 Å². The van der Waals surface area contributed by atoms with Crippen LogP contribution in [-0.2, 0) is 89.6 Å². The van der Waals surface area contributed by atoms with Crippen LogP contribution in [0.4, 0.5) is 0 Å². The van der Waals surface area contributed by atoms with Gasteiger partial charge in [-0.3, -0.25) is 81.8 Å². The van der Waals surface area contributed by atoms with Crippen LogP contribution >= 0.6 is 11.8 Å². The smallest absolute Gasteiger partial charge is 0.327 e. The minimum Gasteiger partial charge on any atom is -0.481 e. The number of nitrogens with one attached hydrogen (secondary N) is 11. The summed E-state index contributed by atoms with van der Waals surface area (Å²) in [6, 6.07) is -3.80. The molecule has 38 heteroatoms. The quantitative estimate of drug-likeness (QED) is 0.0127. The molecule has 21 N–H and O–H groups in total. The molecule has 94 heavy (non-hydrogen) atoms. The Kier molecular flexibility index (Phi) is 33.6. The van der Waals surface area contributed by atoms with Crippen LogP contribution in [0.15, 0.2) is 47.8 Å². The van der Waals surface area contributed by atoms with Gasteiger partial charge >= 0.3 is 23.9 Å². The average molecular weight is 1340 g/mol. The topological polar surface area (TPSA) is 597 Å². The van der Waals surface area contributed by atoms with Crippen LogP contribution in [0.5, 0.6) is 0 Å². The second kappa shape index (κ2) is 40.6. The lowest BCUT2D eigenvalue weighted by Crippen LogP contribution is -2.60. The highest BCUT2D eigenvalue weighted by Gasteiger charge is 2.40. The molecule has 1 aliphatic heterocycles. The number of thioether (sulfide) groups is 1. The lowest BCUT2D eigenvalue weighted by Gasteiger charge is -2.27. The van der Waals surface area contributed by atoms with E-state index in [1.807, 2.05) is 0 Å². The van der Waals surface area contributed by atoms with Crippen molar-refractivity contribution in [2.45, 2.75) is 151 Å².